The van der Waals surface area contributed by atoms with Gasteiger partial charge in [0, 0.05) is 6.61 Å². The zero-order valence-electron chi connectivity index (χ0n) is 8.14. The lowest BCUT2D eigenvalue weighted by Crippen LogP contribution is -2.27. The summed E-state index contributed by atoms with van der Waals surface area (Å²) in [5.41, 5.74) is -0.531. The summed E-state index contributed by atoms with van der Waals surface area (Å²) in [6.07, 6.45) is 7.79. The Morgan fingerprint density at radius 1 is 1.33 bits per heavy atom. The zero-order chi connectivity index (χ0) is 9.45. The van der Waals surface area contributed by atoms with E-state index in [1.807, 2.05) is 20.8 Å². The van der Waals surface area contributed by atoms with Crippen LogP contribution in [-0.2, 0) is 9.47 Å². The van der Waals surface area contributed by atoms with Gasteiger partial charge in [0.1, 0.15) is 5.60 Å². The molecule has 2 heteroatoms. The molecule has 1 atom stereocenters. The lowest BCUT2D eigenvalue weighted by atomic mass is 10.1. The smallest absolute Gasteiger partial charge is 0.126 e. The average molecular weight is 169 g/mol. The molecule has 0 amide bonds. The third-order valence-corrected chi connectivity index (χ3v) is 1.79. The van der Waals surface area contributed by atoms with Gasteiger partial charge >= 0.3 is 0 Å². The fourth-order valence-electron chi connectivity index (χ4n) is 0.697. The first kappa shape index (κ1) is 11.5. The molecular weight excluding hydrogens is 152 g/mol. The molecule has 0 rings (SSSR count). The first-order valence-corrected chi connectivity index (χ1v) is 4.34. The maximum atomic E-state index is 7.02. The van der Waals surface area contributed by atoms with Gasteiger partial charge in [0.15, 0.2) is 0 Å². The molecule has 0 spiro atoms. The summed E-state index contributed by atoms with van der Waals surface area (Å²) in [5.74, 6) is 2.38. The van der Waals surface area contributed by atoms with Crippen molar-refractivity contribution in [1.82, 2.24) is 0 Å². The fourth-order valence-corrected chi connectivity index (χ4v) is 0.697. The van der Waals surface area contributed by atoms with Gasteiger partial charge in [-0.1, -0.05) is 12.8 Å². The van der Waals surface area contributed by atoms with E-state index in [0.717, 1.165) is 6.42 Å². The number of ether oxygens (including phenoxy) is 2. The molecule has 0 aromatic heterocycles. The minimum Gasteiger partial charge on any atom is -0.379 e. The highest BCUT2D eigenvalue weighted by atomic mass is 16.5. The lowest BCUT2D eigenvalue weighted by molar-refractivity contribution is -0.0230. The van der Waals surface area contributed by atoms with Crippen LogP contribution < -0.4 is 0 Å². The maximum absolute atomic E-state index is 7.02. The third-order valence-electron chi connectivity index (χ3n) is 1.79. The molecule has 0 aromatic carbocycles. The molecule has 0 N–H and O–H groups in total. The van der Waals surface area contributed by atoms with Crippen molar-refractivity contribution in [3.05, 3.63) is 6.42 Å². The monoisotopic (exact) mass is 169 g/mol. The van der Waals surface area contributed by atoms with Gasteiger partial charge in [0.2, 0.25) is 0 Å². The number of hydrogen-bond donors (Lipinski definition) is 0. The zero-order valence-corrected chi connectivity index (χ0v) is 8.14. The Hall–Kier alpha value is -0.520. The van der Waals surface area contributed by atoms with E-state index >= 15 is 0 Å². The van der Waals surface area contributed by atoms with Crippen LogP contribution in [0, 0.1) is 12.3 Å². The van der Waals surface area contributed by atoms with Crippen LogP contribution in [0.25, 0.3) is 0 Å². The van der Waals surface area contributed by atoms with Crippen molar-refractivity contribution in [2.24, 2.45) is 0 Å². The Morgan fingerprint density at radius 3 is 2.42 bits per heavy atom. The lowest BCUT2D eigenvalue weighted by Gasteiger charge is -2.21. The van der Waals surface area contributed by atoms with Gasteiger partial charge in [0.25, 0.3) is 0 Å². The molecule has 0 aliphatic heterocycles. The van der Waals surface area contributed by atoms with Crippen LogP contribution in [0.4, 0.5) is 0 Å². The molecule has 0 heterocycles. The van der Waals surface area contributed by atoms with Gasteiger partial charge in [-0.25, -0.2) is 0 Å². The summed E-state index contributed by atoms with van der Waals surface area (Å²) >= 11 is 0. The van der Waals surface area contributed by atoms with Crippen LogP contribution in [0.15, 0.2) is 0 Å². The van der Waals surface area contributed by atoms with Crippen LogP contribution in [-0.4, -0.2) is 25.4 Å². The molecule has 0 aliphatic rings. The first-order valence-electron chi connectivity index (χ1n) is 4.34. The van der Waals surface area contributed by atoms with E-state index in [2.05, 4.69) is 5.92 Å². The largest absolute Gasteiger partial charge is 0.379 e. The highest BCUT2D eigenvalue weighted by molar-refractivity contribution is 5.00. The van der Waals surface area contributed by atoms with Crippen LogP contribution in [0.3, 0.4) is 0 Å². The summed E-state index contributed by atoms with van der Waals surface area (Å²) in [4.78, 5) is 0. The molecule has 0 saturated carbocycles. The molecule has 0 aliphatic carbocycles. The highest BCUT2D eigenvalue weighted by Crippen LogP contribution is 2.12. The van der Waals surface area contributed by atoms with Crippen molar-refractivity contribution in [3.8, 4) is 5.92 Å². The SMILES string of the molecule is [C]#CC(C)(CC)OCCOCC. The van der Waals surface area contributed by atoms with Crippen molar-refractivity contribution in [3.63, 3.8) is 0 Å². The summed E-state index contributed by atoms with van der Waals surface area (Å²) in [5, 5.41) is 0. The first-order chi connectivity index (χ1) is 5.68. The van der Waals surface area contributed by atoms with Crippen molar-refractivity contribution in [2.75, 3.05) is 19.8 Å². The minimum atomic E-state index is -0.531. The molecule has 12 heavy (non-hydrogen) atoms. The molecule has 0 fully saturated rings. The molecule has 0 aromatic rings. The van der Waals surface area contributed by atoms with Crippen LogP contribution in [0.2, 0.25) is 0 Å². The van der Waals surface area contributed by atoms with E-state index in [-0.39, 0.29) is 0 Å². The second kappa shape index (κ2) is 6.05. The molecule has 69 valence electrons. The normalized spacial score (nSPS) is 15.2. The standard InChI is InChI=1S/C10H17O2/c1-5-10(4,6-2)12-9-8-11-7-3/h5,7-9H2,1,3-4H3. The second-order valence-corrected chi connectivity index (χ2v) is 2.75. The van der Waals surface area contributed by atoms with E-state index < -0.39 is 5.60 Å². The average Bonchev–Trinajstić information content (AvgIpc) is 2.12. The van der Waals surface area contributed by atoms with Gasteiger partial charge < -0.3 is 9.47 Å². The van der Waals surface area contributed by atoms with Crippen molar-refractivity contribution < 1.29 is 9.47 Å². The predicted octanol–water partition coefficient (Wildman–Crippen LogP) is 1.80. The Balaban J connectivity index is 3.54. The third kappa shape index (κ3) is 4.38. The van der Waals surface area contributed by atoms with Crippen LogP contribution in [0.1, 0.15) is 27.2 Å². The quantitative estimate of drug-likeness (QED) is 0.446. The Morgan fingerprint density at radius 2 is 2.00 bits per heavy atom. The summed E-state index contributed by atoms with van der Waals surface area (Å²) in [6, 6.07) is 0. The van der Waals surface area contributed by atoms with E-state index in [4.69, 9.17) is 15.9 Å². The van der Waals surface area contributed by atoms with Gasteiger partial charge in [-0.3, -0.25) is 0 Å². The highest BCUT2D eigenvalue weighted by Gasteiger charge is 2.18. The summed E-state index contributed by atoms with van der Waals surface area (Å²) in [7, 11) is 0. The van der Waals surface area contributed by atoms with Gasteiger partial charge in [-0.15, -0.1) is 0 Å². The molecule has 0 saturated heterocycles. The Kier molecular flexibility index (Phi) is 5.79. The second-order valence-electron chi connectivity index (χ2n) is 2.75. The van der Waals surface area contributed by atoms with Gasteiger partial charge in [-0.05, 0) is 26.7 Å². The molecular formula is C10H17O2. The fraction of sp³-hybridized carbons (Fsp3) is 0.800. The molecule has 1 radical (unpaired) electrons. The molecule has 2 nitrogen and oxygen atoms in total. The van der Waals surface area contributed by atoms with Crippen LogP contribution in [0.5, 0.6) is 0 Å². The molecule has 1 unspecified atom stereocenters. The van der Waals surface area contributed by atoms with E-state index in [0.29, 0.717) is 19.8 Å². The van der Waals surface area contributed by atoms with Crippen molar-refractivity contribution in [2.45, 2.75) is 32.8 Å². The van der Waals surface area contributed by atoms with Gasteiger partial charge in [0.05, 0.1) is 13.2 Å². The van der Waals surface area contributed by atoms with Crippen molar-refractivity contribution >= 4 is 0 Å². The van der Waals surface area contributed by atoms with E-state index in [1.165, 1.54) is 0 Å². The van der Waals surface area contributed by atoms with Crippen LogP contribution >= 0.6 is 0 Å². The molecule has 0 bridgehead atoms. The summed E-state index contributed by atoms with van der Waals surface area (Å²) in [6.45, 7) is 7.61. The Bertz CT molecular complexity index is 148. The number of rotatable bonds is 6. The number of hydrogen-bond acceptors (Lipinski definition) is 2. The van der Waals surface area contributed by atoms with E-state index in [9.17, 15) is 0 Å². The topological polar surface area (TPSA) is 18.5 Å². The predicted molar refractivity (Wildman–Crippen MR) is 48.3 cm³/mol. The summed E-state index contributed by atoms with van der Waals surface area (Å²) < 4.78 is 10.5. The van der Waals surface area contributed by atoms with E-state index in [1.54, 1.807) is 0 Å². The van der Waals surface area contributed by atoms with Gasteiger partial charge in [-0.2, -0.15) is 0 Å². The Labute approximate surface area is 75.3 Å². The maximum Gasteiger partial charge on any atom is 0.126 e. The minimum absolute atomic E-state index is 0.531. The van der Waals surface area contributed by atoms with Crippen molar-refractivity contribution in [1.29, 1.82) is 0 Å².